The lowest BCUT2D eigenvalue weighted by atomic mass is 9.67. The summed E-state index contributed by atoms with van der Waals surface area (Å²) in [5.41, 5.74) is 3.11. The van der Waals surface area contributed by atoms with Crippen LogP contribution in [0.2, 0.25) is 10.0 Å². The number of benzene rings is 3. The van der Waals surface area contributed by atoms with Crippen LogP contribution >= 0.6 is 23.2 Å². The van der Waals surface area contributed by atoms with Crippen molar-refractivity contribution in [1.29, 1.82) is 0 Å². The number of imidazole rings is 1. The lowest BCUT2D eigenvalue weighted by molar-refractivity contribution is -0.149. The van der Waals surface area contributed by atoms with E-state index >= 15 is 0 Å². The quantitative estimate of drug-likeness (QED) is 0.0795. The molecule has 61 heavy (non-hydrogen) atoms. The Bertz CT molecular complexity index is 2130. The molecule has 1 aromatic heterocycles. The van der Waals surface area contributed by atoms with Crippen LogP contribution in [0.5, 0.6) is 11.5 Å². The molecular weight excluding hydrogens is 817 g/mol. The number of halogens is 2. The summed E-state index contributed by atoms with van der Waals surface area (Å²) in [7, 11) is 5.94. The summed E-state index contributed by atoms with van der Waals surface area (Å²) in [6.07, 6.45) is 7.00. The molecule has 4 aromatic rings. The summed E-state index contributed by atoms with van der Waals surface area (Å²) < 4.78 is 8.40. The maximum atomic E-state index is 14.2. The molecule has 3 aromatic carbocycles. The van der Waals surface area contributed by atoms with Crippen LogP contribution in [0.1, 0.15) is 82.7 Å². The summed E-state index contributed by atoms with van der Waals surface area (Å²) in [5, 5.41) is 24.2. The molecule has 0 radical (unpaired) electrons. The first-order valence-corrected chi connectivity index (χ1v) is 21.7. The standard InChI is InChI=1S/C47H59Cl2N5O7/c1-30(2)38(46(59)60)23-44(57)54(31(3)45(58)51-39(29-55)41(56)25-47(20-8-7-9-21-47)24-32-10-15-35(48)16-11-32)27-34-12-17-36(49)22-42(34)61-37-18-13-33(14-19-37)40-26-50-43(53(40)6)28-52(4)5/h10-19,22,26,30-31,38-39,55H,7-9,20-21,23-25,27-29H2,1-6H3,(H,51,58)(H,59,60)/t31-,38+,39-/m0/s1. The fourth-order valence-corrected chi connectivity index (χ4v) is 8.45. The molecule has 0 bridgehead atoms. The molecule has 1 heterocycles. The number of nitrogens with one attached hydrogen (secondary N) is 1. The molecule has 1 fully saturated rings. The van der Waals surface area contributed by atoms with Gasteiger partial charge >= 0.3 is 5.97 Å². The monoisotopic (exact) mass is 875 g/mol. The number of hydrogen-bond donors (Lipinski definition) is 3. The van der Waals surface area contributed by atoms with Crippen molar-refractivity contribution in [3.63, 3.8) is 0 Å². The van der Waals surface area contributed by atoms with Gasteiger partial charge in [-0.25, -0.2) is 4.98 Å². The number of aliphatic hydroxyl groups excluding tert-OH is 1. The number of amides is 2. The molecule has 2 amide bonds. The molecule has 3 N–H and O–H groups in total. The zero-order valence-corrected chi connectivity index (χ0v) is 37.5. The topological polar surface area (TPSA) is 154 Å². The van der Waals surface area contributed by atoms with Crippen molar-refractivity contribution in [3.8, 4) is 22.8 Å². The van der Waals surface area contributed by atoms with Gasteiger partial charge in [-0.3, -0.25) is 19.2 Å². The molecule has 0 saturated heterocycles. The van der Waals surface area contributed by atoms with Crippen molar-refractivity contribution in [2.75, 3.05) is 20.7 Å². The average Bonchev–Trinajstić information content (AvgIpc) is 3.57. The van der Waals surface area contributed by atoms with Crippen molar-refractivity contribution in [2.45, 2.75) is 97.3 Å². The molecule has 328 valence electrons. The SMILES string of the molecule is CC(C)[C@@H](CC(=O)N(Cc1ccc(Cl)cc1Oc1ccc(-c2cnc(CN(C)C)n2C)cc1)[C@@H](C)C(=O)N[C@@H](CO)C(=O)CC1(Cc2ccc(Cl)cc2)CCCCC1)C(=O)O. The van der Waals surface area contributed by atoms with Crippen LogP contribution in [0.4, 0.5) is 0 Å². The largest absolute Gasteiger partial charge is 0.481 e. The van der Waals surface area contributed by atoms with Crippen LogP contribution in [-0.4, -0.2) is 85.9 Å². The summed E-state index contributed by atoms with van der Waals surface area (Å²) in [4.78, 5) is 62.4. The number of carboxylic acid groups (broad SMARTS) is 1. The summed E-state index contributed by atoms with van der Waals surface area (Å²) in [6, 6.07) is 17.7. The van der Waals surface area contributed by atoms with Gasteiger partial charge in [0.05, 0.1) is 37.5 Å². The third-order valence-electron chi connectivity index (χ3n) is 11.8. The molecule has 1 saturated carbocycles. The molecule has 1 aliphatic carbocycles. The van der Waals surface area contributed by atoms with Gasteiger partial charge in [0.2, 0.25) is 11.8 Å². The number of carbonyl (C=O) groups is 4. The molecule has 3 atom stereocenters. The number of ether oxygens (including phenoxy) is 1. The second-order valence-corrected chi connectivity index (χ2v) is 17.9. The highest BCUT2D eigenvalue weighted by atomic mass is 35.5. The maximum absolute atomic E-state index is 14.2. The number of carbonyl (C=O) groups excluding carboxylic acids is 3. The molecule has 0 aliphatic heterocycles. The minimum absolute atomic E-state index is 0.145. The second kappa shape index (κ2) is 21.4. The van der Waals surface area contributed by atoms with Crippen molar-refractivity contribution >= 4 is 46.8 Å². The van der Waals surface area contributed by atoms with Crippen molar-refractivity contribution in [3.05, 3.63) is 99.9 Å². The third-order valence-corrected chi connectivity index (χ3v) is 12.3. The van der Waals surface area contributed by atoms with Crippen molar-refractivity contribution < 1.29 is 34.1 Å². The zero-order valence-electron chi connectivity index (χ0n) is 36.0. The number of rotatable bonds is 20. The molecule has 14 heteroatoms. The fourth-order valence-electron chi connectivity index (χ4n) is 8.17. The average molecular weight is 877 g/mol. The minimum Gasteiger partial charge on any atom is -0.481 e. The van der Waals surface area contributed by atoms with E-state index in [0.29, 0.717) is 40.1 Å². The van der Waals surface area contributed by atoms with Crippen molar-refractivity contribution in [1.82, 2.24) is 24.7 Å². The molecule has 5 rings (SSSR count). The fraction of sp³-hybridized carbons (Fsp3) is 0.468. The smallest absolute Gasteiger partial charge is 0.307 e. The van der Waals surface area contributed by atoms with Crippen molar-refractivity contribution in [2.24, 2.45) is 24.3 Å². The van der Waals surface area contributed by atoms with Crippen LogP contribution in [0, 0.1) is 17.3 Å². The molecular formula is C47H59Cl2N5O7. The van der Waals surface area contributed by atoms with Gasteiger partial charge < -0.3 is 34.6 Å². The Morgan fingerprint density at radius 2 is 1.57 bits per heavy atom. The van der Waals surface area contributed by atoms with Crippen LogP contribution in [0.25, 0.3) is 11.3 Å². The lowest BCUT2D eigenvalue weighted by Crippen LogP contribution is -2.53. The predicted octanol–water partition coefficient (Wildman–Crippen LogP) is 8.34. The highest BCUT2D eigenvalue weighted by Gasteiger charge is 2.38. The van der Waals surface area contributed by atoms with Gasteiger partial charge in [0.1, 0.15) is 29.4 Å². The van der Waals surface area contributed by atoms with E-state index in [1.54, 1.807) is 32.0 Å². The van der Waals surface area contributed by atoms with E-state index in [0.717, 1.165) is 54.7 Å². The Labute approximate surface area is 369 Å². The summed E-state index contributed by atoms with van der Waals surface area (Å²) in [5.74, 6) is -2.29. The molecule has 0 spiro atoms. The van der Waals surface area contributed by atoms with Gasteiger partial charge in [0, 0.05) is 41.1 Å². The summed E-state index contributed by atoms with van der Waals surface area (Å²) >= 11 is 12.6. The normalized spacial score (nSPS) is 15.3. The third kappa shape index (κ3) is 12.7. The predicted molar refractivity (Wildman–Crippen MR) is 237 cm³/mol. The van der Waals surface area contributed by atoms with Gasteiger partial charge in [0.25, 0.3) is 0 Å². The Morgan fingerprint density at radius 3 is 2.18 bits per heavy atom. The van der Waals surface area contributed by atoms with Gasteiger partial charge in [0.15, 0.2) is 5.78 Å². The Kier molecular flexibility index (Phi) is 16.6. The first-order chi connectivity index (χ1) is 29.0. The first-order valence-electron chi connectivity index (χ1n) is 20.9. The van der Waals surface area contributed by atoms with Gasteiger partial charge in [-0.2, -0.15) is 0 Å². The van der Waals surface area contributed by atoms with Gasteiger partial charge in [-0.1, -0.05) is 74.5 Å². The highest BCUT2D eigenvalue weighted by Crippen LogP contribution is 2.43. The van der Waals surface area contributed by atoms with Crippen LogP contribution < -0.4 is 10.1 Å². The number of aromatic nitrogens is 2. The van der Waals surface area contributed by atoms with E-state index in [4.69, 9.17) is 27.9 Å². The van der Waals surface area contributed by atoms with E-state index in [9.17, 15) is 29.4 Å². The Balaban J connectivity index is 1.37. The molecule has 12 nitrogen and oxygen atoms in total. The zero-order chi connectivity index (χ0) is 44.4. The first kappa shape index (κ1) is 47.3. The molecule has 0 unspecified atom stereocenters. The number of ketones is 1. The molecule has 1 aliphatic rings. The number of aliphatic carboxylic acids is 1. The van der Waals surface area contributed by atoms with E-state index < -0.39 is 42.4 Å². The van der Waals surface area contributed by atoms with Crippen LogP contribution in [0.15, 0.2) is 72.9 Å². The Hall–Kier alpha value is -4.75. The summed E-state index contributed by atoms with van der Waals surface area (Å²) in [6.45, 7) is 4.90. The number of nitrogens with zero attached hydrogens (tertiary/aromatic N) is 4. The lowest BCUT2D eigenvalue weighted by Gasteiger charge is -2.38. The minimum atomic E-state index is -1.21. The second-order valence-electron chi connectivity index (χ2n) is 17.1. The maximum Gasteiger partial charge on any atom is 0.307 e. The van der Waals surface area contributed by atoms with E-state index in [1.165, 1.54) is 11.8 Å². The van der Waals surface area contributed by atoms with Crippen LogP contribution in [0.3, 0.4) is 0 Å². The van der Waals surface area contributed by atoms with E-state index in [-0.39, 0.29) is 36.5 Å². The van der Waals surface area contributed by atoms with Gasteiger partial charge in [-0.05, 0) is 106 Å². The number of Topliss-reactive ketones (excluding diaryl/α,β-unsaturated/α-hetero) is 1. The number of aliphatic hydroxyl groups is 1. The van der Waals surface area contributed by atoms with E-state index in [1.807, 2.05) is 85.3 Å². The highest BCUT2D eigenvalue weighted by molar-refractivity contribution is 6.31. The number of hydrogen-bond acceptors (Lipinski definition) is 8. The Morgan fingerprint density at radius 1 is 0.918 bits per heavy atom. The van der Waals surface area contributed by atoms with E-state index in [2.05, 4.69) is 10.3 Å². The van der Waals surface area contributed by atoms with Crippen LogP contribution in [-0.2, 0) is 45.7 Å². The van der Waals surface area contributed by atoms with Gasteiger partial charge in [-0.15, -0.1) is 0 Å². The number of carboxylic acids is 1.